The van der Waals surface area contributed by atoms with Crippen molar-refractivity contribution in [2.75, 3.05) is 5.32 Å². The van der Waals surface area contributed by atoms with Crippen molar-refractivity contribution < 1.29 is 4.79 Å². The number of carbonyl (C=O) groups is 1. The third-order valence-corrected chi connectivity index (χ3v) is 3.42. The van der Waals surface area contributed by atoms with E-state index in [2.05, 4.69) is 31.4 Å². The Morgan fingerprint density at radius 1 is 1.33 bits per heavy atom. The lowest BCUT2D eigenvalue weighted by Gasteiger charge is -2.07. The van der Waals surface area contributed by atoms with E-state index in [4.69, 9.17) is 0 Å². The van der Waals surface area contributed by atoms with Gasteiger partial charge < -0.3 is 5.32 Å². The van der Waals surface area contributed by atoms with Crippen LogP contribution < -0.4 is 5.32 Å². The van der Waals surface area contributed by atoms with Crippen molar-refractivity contribution in [1.82, 2.24) is 10.2 Å². The molecule has 0 aliphatic heterocycles. The zero-order valence-corrected chi connectivity index (χ0v) is 12.1. The Morgan fingerprint density at radius 3 is 2.67 bits per heavy atom. The number of rotatable bonds is 2. The summed E-state index contributed by atoms with van der Waals surface area (Å²) in [6.45, 7) is 5.74. The number of hydrogen-bond donors (Lipinski definition) is 2. The normalized spacial score (nSPS) is 10.4. The summed E-state index contributed by atoms with van der Waals surface area (Å²) in [5.74, 6) is 0.431. The van der Waals surface area contributed by atoms with E-state index < -0.39 is 0 Å². The molecule has 1 heterocycles. The van der Waals surface area contributed by atoms with Crippen LogP contribution in [0.2, 0.25) is 0 Å². The summed E-state index contributed by atoms with van der Waals surface area (Å²) in [6, 6.07) is 5.62. The fourth-order valence-electron chi connectivity index (χ4n) is 1.62. The van der Waals surface area contributed by atoms with E-state index in [0.29, 0.717) is 11.4 Å². The van der Waals surface area contributed by atoms with Gasteiger partial charge in [0.15, 0.2) is 5.82 Å². The van der Waals surface area contributed by atoms with E-state index in [9.17, 15) is 4.79 Å². The van der Waals surface area contributed by atoms with Crippen LogP contribution in [0.4, 0.5) is 5.82 Å². The number of aryl methyl sites for hydroxylation is 2. The van der Waals surface area contributed by atoms with Crippen LogP contribution in [0.5, 0.6) is 0 Å². The zero-order chi connectivity index (χ0) is 13.3. The van der Waals surface area contributed by atoms with Crippen molar-refractivity contribution in [2.24, 2.45) is 0 Å². The fraction of sp³-hybridized carbons (Fsp3) is 0.231. The molecule has 4 nitrogen and oxygen atoms in total. The van der Waals surface area contributed by atoms with Crippen LogP contribution in [0.15, 0.2) is 22.7 Å². The van der Waals surface area contributed by atoms with Crippen molar-refractivity contribution in [3.63, 3.8) is 0 Å². The van der Waals surface area contributed by atoms with E-state index in [1.807, 2.05) is 32.9 Å². The van der Waals surface area contributed by atoms with E-state index in [-0.39, 0.29) is 5.91 Å². The second kappa shape index (κ2) is 4.94. The van der Waals surface area contributed by atoms with Gasteiger partial charge in [-0.1, -0.05) is 22.0 Å². The number of carbonyl (C=O) groups excluding carboxylic acids is 1. The maximum atomic E-state index is 12.2. The number of nitrogens with one attached hydrogen (secondary N) is 2. The summed E-state index contributed by atoms with van der Waals surface area (Å²) >= 11 is 3.37. The molecule has 2 rings (SSSR count). The molecular weight excluding hydrogens is 294 g/mol. The van der Waals surface area contributed by atoms with Gasteiger partial charge in [0.05, 0.1) is 0 Å². The second-order valence-corrected chi connectivity index (χ2v) is 5.15. The number of amides is 1. The average molecular weight is 308 g/mol. The molecule has 0 fully saturated rings. The van der Waals surface area contributed by atoms with Crippen LogP contribution in [0.3, 0.4) is 0 Å². The molecule has 0 aliphatic carbocycles. The van der Waals surface area contributed by atoms with E-state index >= 15 is 0 Å². The summed E-state index contributed by atoms with van der Waals surface area (Å²) in [6.07, 6.45) is 0. The highest BCUT2D eigenvalue weighted by molar-refractivity contribution is 9.10. The lowest BCUT2D eigenvalue weighted by atomic mass is 10.1. The smallest absolute Gasteiger partial charge is 0.257 e. The number of hydrogen-bond acceptors (Lipinski definition) is 2. The molecule has 0 saturated heterocycles. The van der Waals surface area contributed by atoms with Crippen LogP contribution >= 0.6 is 15.9 Å². The van der Waals surface area contributed by atoms with Crippen LogP contribution in [-0.2, 0) is 0 Å². The molecule has 1 aromatic carbocycles. The molecule has 2 aromatic rings. The Labute approximate surface area is 114 Å². The van der Waals surface area contributed by atoms with E-state index in [1.165, 1.54) is 0 Å². The van der Waals surface area contributed by atoms with Crippen LogP contribution in [0.25, 0.3) is 0 Å². The molecule has 0 radical (unpaired) electrons. The summed E-state index contributed by atoms with van der Waals surface area (Å²) in [5.41, 5.74) is 3.48. The second-order valence-electron chi connectivity index (χ2n) is 4.24. The van der Waals surface area contributed by atoms with Crippen LogP contribution in [0.1, 0.15) is 27.2 Å². The molecule has 0 aliphatic rings. The molecule has 5 heteroatoms. The first kappa shape index (κ1) is 12.8. The summed E-state index contributed by atoms with van der Waals surface area (Å²) in [4.78, 5) is 12.2. The number of H-pyrrole nitrogens is 1. The minimum Gasteiger partial charge on any atom is -0.305 e. The SMILES string of the molecule is Cc1ccc(Br)cc1C(=O)Nc1n[nH]c(C)c1C. The molecule has 0 atom stereocenters. The molecule has 1 amide bonds. The number of nitrogens with zero attached hydrogens (tertiary/aromatic N) is 1. The molecule has 94 valence electrons. The van der Waals surface area contributed by atoms with Gasteiger partial charge in [0, 0.05) is 21.3 Å². The number of aromatic nitrogens is 2. The first-order valence-corrected chi connectivity index (χ1v) is 6.37. The first-order valence-electron chi connectivity index (χ1n) is 5.58. The topological polar surface area (TPSA) is 57.8 Å². The van der Waals surface area contributed by atoms with Crippen molar-refractivity contribution in [3.8, 4) is 0 Å². The number of anilines is 1. The van der Waals surface area contributed by atoms with Gasteiger partial charge in [-0.05, 0) is 38.5 Å². The van der Waals surface area contributed by atoms with Gasteiger partial charge in [-0.15, -0.1) is 0 Å². The standard InChI is InChI=1S/C13H14BrN3O/c1-7-4-5-10(14)6-11(7)13(18)15-12-8(2)9(3)16-17-12/h4-6H,1-3H3,(H2,15,16,17,18). The van der Waals surface area contributed by atoms with Crippen molar-refractivity contribution >= 4 is 27.7 Å². The van der Waals surface area contributed by atoms with Crippen LogP contribution in [-0.4, -0.2) is 16.1 Å². The predicted molar refractivity (Wildman–Crippen MR) is 74.9 cm³/mol. The van der Waals surface area contributed by atoms with Gasteiger partial charge in [0.2, 0.25) is 0 Å². The highest BCUT2D eigenvalue weighted by atomic mass is 79.9. The Bertz CT molecular complexity index is 604. The molecule has 18 heavy (non-hydrogen) atoms. The zero-order valence-electron chi connectivity index (χ0n) is 10.5. The Balaban J connectivity index is 2.27. The third kappa shape index (κ3) is 2.46. The van der Waals surface area contributed by atoms with Crippen molar-refractivity contribution in [1.29, 1.82) is 0 Å². The fourth-order valence-corrected chi connectivity index (χ4v) is 1.98. The molecule has 2 N–H and O–H groups in total. The summed E-state index contributed by atoms with van der Waals surface area (Å²) < 4.78 is 0.883. The Kier molecular flexibility index (Phi) is 3.52. The maximum Gasteiger partial charge on any atom is 0.257 e. The molecular formula is C13H14BrN3O. The molecule has 0 unspecified atom stereocenters. The Morgan fingerprint density at radius 2 is 2.06 bits per heavy atom. The van der Waals surface area contributed by atoms with Gasteiger partial charge in [-0.3, -0.25) is 9.89 Å². The van der Waals surface area contributed by atoms with Crippen molar-refractivity contribution in [2.45, 2.75) is 20.8 Å². The molecule has 0 bridgehead atoms. The molecule has 0 spiro atoms. The number of halogens is 1. The Hall–Kier alpha value is -1.62. The first-order chi connectivity index (χ1) is 8.49. The molecule has 1 aromatic heterocycles. The highest BCUT2D eigenvalue weighted by Crippen LogP contribution is 2.19. The van der Waals surface area contributed by atoms with Gasteiger partial charge >= 0.3 is 0 Å². The highest BCUT2D eigenvalue weighted by Gasteiger charge is 2.13. The minimum atomic E-state index is -0.150. The van der Waals surface area contributed by atoms with E-state index in [1.54, 1.807) is 6.07 Å². The number of aromatic amines is 1. The lowest BCUT2D eigenvalue weighted by molar-refractivity contribution is 0.102. The van der Waals surface area contributed by atoms with Gasteiger partial charge in [0.25, 0.3) is 5.91 Å². The predicted octanol–water partition coefficient (Wildman–Crippen LogP) is 3.35. The van der Waals surface area contributed by atoms with Crippen LogP contribution in [0, 0.1) is 20.8 Å². The number of benzene rings is 1. The van der Waals surface area contributed by atoms with Gasteiger partial charge in [0.1, 0.15) is 0 Å². The minimum absolute atomic E-state index is 0.150. The quantitative estimate of drug-likeness (QED) is 0.894. The van der Waals surface area contributed by atoms with Gasteiger partial charge in [-0.2, -0.15) is 5.10 Å². The summed E-state index contributed by atoms with van der Waals surface area (Å²) in [7, 11) is 0. The van der Waals surface area contributed by atoms with Gasteiger partial charge in [-0.25, -0.2) is 0 Å². The molecule has 0 saturated carbocycles. The van der Waals surface area contributed by atoms with E-state index in [0.717, 1.165) is 21.3 Å². The lowest BCUT2D eigenvalue weighted by Crippen LogP contribution is -2.14. The maximum absolute atomic E-state index is 12.2. The van der Waals surface area contributed by atoms with Crippen molar-refractivity contribution in [3.05, 3.63) is 45.1 Å². The third-order valence-electron chi connectivity index (χ3n) is 2.93. The monoisotopic (exact) mass is 307 g/mol. The largest absolute Gasteiger partial charge is 0.305 e. The average Bonchev–Trinajstić information content (AvgIpc) is 2.64. The summed E-state index contributed by atoms with van der Waals surface area (Å²) in [5, 5.41) is 9.72.